The molecular weight excluding hydrogens is 164 g/mol. The summed E-state index contributed by atoms with van der Waals surface area (Å²) in [5.74, 6) is 0. The van der Waals surface area contributed by atoms with Crippen LogP contribution in [0.1, 0.15) is 0 Å². The van der Waals surface area contributed by atoms with Crippen molar-refractivity contribution < 1.29 is 23.2 Å². The summed E-state index contributed by atoms with van der Waals surface area (Å²) in [7, 11) is 0. The van der Waals surface area contributed by atoms with Gasteiger partial charge < -0.3 is 15.1 Å². The van der Waals surface area contributed by atoms with Crippen molar-refractivity contribution >= 4 is 23.8 Å². The van der Waals surface area contributed by atoms with Crippen LogP contribution in [0.4, 0.5) is 4.79 Å². The molecule has 0 aromatic carbocycles. The highest BCUT2D eigenvalue weighted by molar-refractivity contribution is 7.77. The Balaban J connectivity index is 4.11. The fraction of sp³-hybridized carbons (Fsp3) is 0. The van der Waals surface area contributed by atoms with E-state index in [9.17, 15) is 18.4 Å². The highest BCUT2D eigenvalue weighted by Crippen LogP contribution is 1.89. The lowest BCUT2D eigenvalue weighted by molar-refractivity contribution is -0.145. The first-order valence-electron chi connectivity index (χ1n) is 1.89. The molecule has 0 aliphatic rings. The summed E-state index contributed by atoms with van der Waals surface area (Å²) in [6, 6.07) is -1.39. The fourth-order valence-corrected chi connectivity index (χ4v) is 0.452. The van der Waals surface area contributed by atoms with E-state index in [1.54, 1.807) is 0 Å². The van der Waals surface area contributed by atoms with Crippen molar-refractivity contribution in [1.29, 1.82) is 0 Å². The number of hydrogen-bond donors (Lipinski definition) is 1. The van der Waals surface area contributed by atoms with Crippen LogP contribution in [0.3, 0.4) is 0 Å². The van der Waals surface area contributed by atoms with E-state index in [-0.39, 0.29) is 10.9 Å². The molecule has 0 aliphatic heterocycles. The van der Waals surface area contributed by atoms with Crippen molar-refractivity contribution in [3.05, 3.63) is 0 Å². The molecule has 10 heavy (non-hydrogen) atoms. The summed E-state index contributed by atoms with van der Waals surface area (Å²) in [5.41, 5.74) is 4.43. The van der Waals surface area contributed by atoms with Gasteiger partial charge in [0.05, 0.1) is 11.3 Å². The maximum Gasteiger partial charge on any atom is 0.360 e. The minimum atomic E-state index is -2.98. The number of hydroxylamine groups is 1. The Kier molecular flexibility index (Phi) is 3.36. The molecule has 0 fully saturated rings. The van der Waals surface area contributed by atoms with Crippen molar-refractivity contribution in [3.8, 4) is 0 Å². The highest BCUT2D eigenvalue weighted by Gasteiger charge is 2.09. The zero-order chi connectivity index (χ0) is 8.15. The number of nitrogens with two attached hydrogens (primary N) is 1. The van der Waals surface area contributed by atoms with E-state index in [1.807, 2.05) is 0 Å². The molecular formula is C2H3N2O5S-. The maximum absolute atomic E-state index is 10.0. The van der Waals surface area contributed by atoms with Gasteiger partial charge in [-0.15, -0.1) is 0 Å². The van der Waals surface area contributed by atoms with E-state index >= 15 is 0 Å². The second-order valence-electron chi connectivity index (χ2n) is 1.01. The topological polar surface area (TPSA) is 113 Å². The number of urea groups is 1. The second-order valence-corrected chi connectivity index (χ2v) is 1.78. The van der Waals surface area contributed by atoms with Gasteiger partial charge in [0.1, 0.15) is 0 Å². The van der Waals surface area contributed by atoms with Gasteiger partial charge in [-0.05, 0) is 0 Å². The van der Waals surface area contributed by atoms with E-state index in [0.717, 1.165) is 0 Å². The van der Waals surface area contributed by atoms with Crippen LogP contribution in [0.25, 0.3) is 0 Å². The molecule has 2 amide bonds. The zero-order valence-electron chi connectivity index (χ0n) is 4.55. The van der Waals surface area contributed by atoms with Crippen molar-refractivity contribution in [1.82, 2.24) is 4.47 Å². The van der Waals surface area contributed by atoms with E-state index in [1.165, 1.54) is 0 Å². The standard InChI is InChI=1S/C2H4N2O5S/c3-2(6)4(9-1-5)10(7)8/h1H,(H2,3,6)(H,7,8)/p-1. The first kappa shape index (κ1) is 8.85. The average molecular weight is 167 g/mol. The van der Waals surface area contributed by atoms with Gasteiger partial charge in [-0.1, -0.05) is 4.47 Å². The van der Waals surface area contributed by atoms with Gasteiger partial charge in [0.25, 0.3) is 0 Å². The van der Waals surface area contributed by atoms with Crippen LogP contribution in [0.15, 0.2) is 0 Å². The van der Waals surface area contributed by atoms with Crippen LogP contribution in [0, 0.1) is 0 Å². The third kappa shape index (κ3) is 2.42. The van der Waals surface area contributed by atoms with Crippen LogP contribution < -0.4 is 5.73 Å². The van der Waals surface area contributed by atoms with Gasteiger partial charge in [0, 0.05) is 0 Å². The molecule has 0 aliphatic carbocycles. The summed E-state index contributed by atoms with van der Waals surface area (Å²) in [5, 5.41) is 0. The Labute approximate surface area is 58.1 Å². The molecule has 7 nitrogen and oxygen atoms in total. The first-order chi connectivity index (χ1) is 4.59. The number of nitrogens with zero attached hydrogens (tertiary/aromatic N) is 1. The zero-order valence-corrected chi connectivity index (χ0v) is 5.37. The quantitative estimate of drug-likeness (QED) is 0.304. The molecule has 0 radical (unpaired) electrons. The Bertz CT molecular complexity index is 155. The minimum absolute atomic E-state index is 0.236. The number of carbonyl (C=O) groups is 2. The van der Waals surface area contributed by atoms with Gasteiger partial charge in [0.15, 0.2) is 0 Å². The van der Waals surface area contributed by atoms with Crippen molar-refractivity contribution in [2.24, 2.45) is 5.73 Å². The lowest BCUT2D eigenvalue weighted by atomic mass is 11.2. The molecule has 2 N–H and O–H groups in total. The third-order valence-corrected chi connectivity index (χ3v) is 0.991. The third-order valence-electron chi connectivity index (χ3n) is 0.454. The van der Waals surface area contributed by atoms with Crippen LogP contribution >= 0.6 is 0 Å². The number of rotatable bonds is 3. The summed E-state index contributed by atoms with van der Waals surface area (Å²) in [6.45, 7) is -0.236. The minimum Gasteiger partial charge on any atom is -0.753 e. The van der Waals surface area contributed by atoms with Gasteiger partial charge in [-0.3, -0.25) is 4.79 Å². The van der Waals surface area contributed by atoms with Crippen molar-refractivity contribution in [3.63, 3.8) is 0 Å². The summed E-state index contributed by atoms with van der Waals surface area (Å²) < 4.78 is 19.4. The largest absolute Gasteiger partial charge is 0.753 e. The maximum atomic E-state index is 10.0. The van der Waals surface area contributed by atoms with E-state index in [4.69, 9.17) is 0 Å². The number of hydrogen-bond acceptors (Lipinski definition) is 5. The summed E-state index contributed by atoms with van der Waals surface area (Å²) in [6.07, 6.45) is 0. The molecule has 0 spiro atoms. The number of carbonyl (C=O) groups excluding carboxylic acids is 2. The van der Waals surface area contributed by atoms with Crippen LogP contribution in [-0.2, 0) is 20.9 Å². The molecule has 8 heteroatoms. The molecule has 0 saturated carbocycles. The van der Waals surface area contributed by atoms with Crippen LogP contribution in [-0.4, -0.2) is 25.7 Å². The summed E-state index contributed by atoms with van der Waals surface area (Å²) >= 11 is -2.98. The lowest BCUT2D eigenvalue weighted by Gasteiger charge is -2.16. The number of amides is 2. The number of primary amides is 1. The smallest absolute Gasteiger partial charge is 0.360 e. The van der Waals surface area contributed by atoms with E-state index in [2.05, 4.69) is 10.6 Å². The Morgan fingerprint density at radius 3 is 2.40 bits per heavy atom. The SMILES string of the molecule is NC(=O)N(OC=O)S(=O)[O-]. The molecule has 0 rings (SSSR count). The van der Waals surface area contributed by atoms with Crippen LogP contribution in [0.5, 0.6) is 0 Å². The molecule has 1 atom stereocenters. The van der Waals surface area contributed by atoms with E-state index < -0.39 is 17.3 Å². The fourth-order valence-electron chi connectivity index (χ4n) is 0.200. The molecule has 58 valence electrons. The van der Waals surface area contributed by atoms with Gasteiger partial charge in [0.2, 0.25) is 0 Å². The molecule has 0 aromatic heterocycles. The Hall–Kier alpha value is -1.15. The summed E-state index contributed by atoms with van der Waals surface area (Å²) in [4.78, 5) is 23.1. The average Bonchev–Trinajstić information content (AvgIpc) is 1.81. The first-order valence-corrected chi connectivity index (χ1v) is 2.92. The van der Waals surface area contributed by atoms with Crippen molar-refractivity contribution in [2.45, 2.75) is 0 Å². The predicted octanol–water partition coefficient (Wildman–Crippen LogP) is -1.75. The molecule has 0 bridgehead atoms. The monoisotopic (exact) mass is 167 g/mol. The van der Waals surface area contributed by atoms with Gasteiger partial charge >= 0.3 is 12.5 Å². The Morgan fingerprint density at radius 2 is 2.30 bits per heavy atom. The molecule has 0 heterocycles. The predicted molar refractivity (Wildman–Crippen MR) is 27.5 cm³/mol. The Morgan fingerprint density at radius 1 is 1.80 bits per heavy atom. The second kappa shape index (κ2) is 3.80. The van der Waals surface area contributed by atoms with Crippen LogP contribution in [0.2, 0.25) is 0 Å². The van der Waals surface area contributed by atoms with E-state index in [0.29, 0.717) is 0 Å². The lowest BCUT2D eigenvalue weighted by Crippen LogP contribution is -2.36. The van der Waals surface area contributed by atoms with Gasteiger partial charge in [-0.2, -0.15) is 0 Å². The molecule has 1 unspecified atom stereocenters. The normalized spacial score (nSPS) is 11.7. The van der Waals surface area contributed by atoms with Gasteiger partial charge in [-0.25, -0.2) is 9.00 Å². The molecule has 0 aromatic rings. The molecule has 0 saturated heterocycles. The highest BCUT2D eigenvalue weighted by atomic mass is 32.2. The van der Waals surface area contributed by atoms with Crippen molar-refractivity contribution in [2.75, 3.05) is 0 Å².